The lowest BCUT2D eigenvalue weighted by Crippen LogP contribution is -2.68. The van der Waals surface area contributed by atoms with Crippen LogP contribution in [0.5, 0.6) is 0 Å². The number of unbranched alkanes of at least 4 members (excludes halogenated alkanes) is 9. The summed E-state index contributed by atoms with van der Waals surface area (Å²) in [5.41, 5.74) is 0. The van der Waals surface area contributed by atoms with Crippen molar-refractivity contribution in [3.05, 3.63) is 0 Å². The predicted octanol–water partition coefficient (Wildman–Crippen LogP) is 0.396. The summed E-state index contributed by atoms with van der Waals surface area (Å²) in [5.74, 6) is 0. The lowest BCUT2D eigenvalue weighted by molar-refractivity contribution is -2.00. The first kappa shape index (κ1) is 25.3. The van der Waals surface area contributed by atoms with Crippen molar-refractivity contribution in [2.24, 2.45) is 0 Å². The molecule has 6 nitrogen and oxygen atoms in total. The first-order valence-electron chi connectivity index (χ1n) is 8.70. The number of nitrogens with zero attached hydrogens (tertiary/aromatic N) is 1. The Morgan fingerprint density at radius 3 is 1.39 bits per heavy atom. The number of halogens is 1. The average Bonchev–Trinajstić information content (AvgIpc) is 2.38. The van der Waals surface area contributed by atoms with Crippen LogP contribution in [0.1, 0.15) is 85.0 Å². The van der Waals surface area contributed by atoms with Crippen LogP contribution in [0.4, 0.5) is 0 Å². The molecule has 0 aromatic carbocycles. The Kier molecular flexibility index (Phi) is 15.8. The molecule has 7 heteroatoms. The summed E-state index contributed by atoms with van der Waals surface area (Å²) in [6.45, 7) is 7.32. The third kappa shape index (κ3) is 24.4. The highest BCUT2D eigenvalue weighted by Crippen LogP contribution is 2.12. The van der Waals surface area contributed by atoms with Crippen LogP contribution in [-0.2, 0) is 0 Å². The minimum absolute atomic E-state index is 0.178. The number of hydrogen-bond acceptors (Lipinski definition) is 5. The van der Waals surface area contributed by atoms with E-state index >= 15 is 0 Å². The van der Waals surface area contributed by atoms with E-state index in [1.165, 1.54) is 57.8 Å². The summed E-state index contributed by atoms with van der Waals surface area (Å²) in [7, 11) is -3.03. The Morgan fingerprint density at radius 2 is 1.09 bits per heavy atom. The molecule has 0 aromatic rings. The van der Waals surface area contributed by atoms with Gasteiger partial charge in [-0.2, -0.15) is 4.65 Å². The van der Waals surface area contributed by atoms with Crippen molar-refractivity contribution in [1.82, 2.24) is 0 Å². The monoisotopic (exact) mass is 357 g/mol. The van der Waals surface area contributed by atoms with Gasteiger partial charge in [0.1, 0.15) is 12.6 Å². The van der Waals surface area contributed by atoms with Crippen LogP contribution < -0.4 is 18.6 Å². The fourth-order valence-corrected chi connectivity index (χ4v) is 2.18. The molecule has 0 heterocycles. The smallest absolute Gasteiger partial charge is 0.113 e. The van der Waals surface area contributed by atoms with Crippen molar-refractivity contribution in [2.75, 3.05) is 13.6 Å². The summed E-state index contributed by atoms with van der Waals surface area (Å²) >= 11 is 0. The summed E-state index contributed by atoms with van der Waals surface area (Å²) < 4.78 is 34.1. The molecule has 0 aliphatic rings. The number of hydrogen-bond donors (Lipinski definition) is 1. The summed E-state index contributed by atoms with van der Waals surface area (Å²) in [6, 6.07) is 0.309. The Labute approximate surface area is 144 Å². The third-order valence-electron chi connectivity index (χ3n) is 4.08. The largest absolute Gasteiger partial charge is 0.222 e. The fraction of sp³-hybridized carbons (Fsp3) is 1.00. The number of quaternary nitrogens is 1. The van der Waals surface area contributed by atoms with Crippen LogP contribution >= 0.6 is 0 Å². The van der Waals surface area contributed by atoms with Gasteiger partial charge in [0.2, 0.25) is 0 Å². The quantitative estimate of drug-likeness (QED) is 0.308. The first-order valence-corrected chi connectivity index (χ1v) is 9.94. The van der Waals surface area contributed by atoms with Gasteiger partial charge in [0.25, 0.3) is 0 Å². The van der Waals surface area contributed by atoms with Gasteiger partial charge in [-0.25, -0.2) is 23.8 Å². The molecule has 0 saturated heterocycles. The molecule has 1 N–H and O–H groups in total. The van der Waals surface area contributed by atoms with Crippen LogP contribution in [0.25, 0.3) is 0 Å². The summed E-state index contributed by atoms with van der Waals surface area (Å²) in [5, 5.41) is 10.1. The lowest BCUT2D eigenvalue weighted by atomic mass is 10.1. The van der Waals surface area contributed by atoms with E-state index < -0.39 is 10.2 Å². The zero-order valence-corrected chi connectivity index (χ0v) is 16.0. The molecule has 0 aromatic heterocycles. The van der Waals surface area contributed by atoms with Gasteiger partial charge in [0, 0.05) is 0 Å². The van der Waals surface area contributed by atoms with Gasteiger partial charge >= 0.3 is 0 Å². The van der Waals surface area contributed by atoms with E-state index in [2.05, 4.69) is 20.8 Å². The summed E-state index contributed by atoms with van der Waals surface area (Å²) in [6.07, 6.45) is 13.6. The van der Waals surface area contributed by atoms with Gasteiger partial charge in [0.05, 0.1) is 7.05 Å². The Hall–Kier alpha value is 0.0500. The normalized spacial score (nSPS) is 14.3. The molecule has 142 valence electrons. The lowest BCUT2D eigenvalue weighted by Gasteiger charge is -2.29. The van der Waals surface area contributed by atoms with Crippen molar-refractivity contribution in [2.45, 2.75) is 91.0 Å². The molecule has 23 heavy (non-hydrogen) atoms. The molecule has 0 radical (unpaired) electrons. The molecule has 0 fully saturated rings. The second-order valence-electron chi connectivity index (χ2n) is 6.59. The molecule has 0 rings (SSSR count). The average molecular weight is 358 g/mol. The number of rotatable bonds is 12. The minimum atomic E-state index is -4.94. The molecular formula is C16H36ClNO5. The molecule has 1 unspecified atom stereocenters. The third-order valence-corrected chi connectivity index (χ3v) is 4.08. The Bertz CT molecular complexity index is 251. The minimum Gasteiger partial charge on any atom is -0.222 e. The van der Waals surface area contributed by atoms with E-state index in [4.69, 9.17) is 18.6 Å². The van der Waals surface area contributed by atoms with Crippen molar-refractivity contribution < 1.29 is 38.7 Å². The van der Waals surface area contributed by atoms with E-state index in [1.54, 1.807) is 0 Å². The van der Waals surface area contributed by atoms with Crippen LogP contribution in [-0.4, -0.2) is 29.5 Å². The van der Waals surface area contributed by atoms with Crippen LogP contribution in [0.2, 0.25) is 0 Å². The van der Waals surface area contributed by atoms with E-state index in [-0.39, 0.29) is 4.65 Å². The van der Waals surface area contributed by atoms with Gasteiger partial charge in [0.15, 0.2) is 0 Å². The highest BCUT2D eigenvalue weighted by molar-refractivity contribution is 4.47. The van der Waals surface area contributed by atoms with E-state index in [1.807, 2.05) is 7.05 Å². The molecule has 1 atom stereocenters. The zero-order chi connectivity index (χ0) is 18.4. The SMILES string of the molecule is CCCCCCCCCCCC[N+](C)(O)C(C)C.[O-][Cl+3]([O-])([O-])[O-]. The van der Waals surface area contributed by atoms with Crippen LogP contribution in [0.3, 0.4) is 0 Å². The van der Waals surface area contributed by atoms with Crippen LogP contribution in [0.15, 0.2) is 0 Å². The summed E-state index contributed by atoms with van der Waals surface area (Å²) in [4.78, 5) is 0. The molecule has 0 spiro atoms. The van der Waals surface area contributed by atoms with Gasteiger partial charge in [-0.05, 0) is 26.7 Å². The van der Waals surface area contributed by atoms with Crippen molar-refractivity contribution in [3.8, 4) is 0 Å². The van der Waals surface area contributed by atoms with Gasteiger partial charge < -0.3 is 0 Å². The first-order chi connectivity index (χ1) is 10.5. The molecule has 0 aliphatic heterocycles. The van der Waals surface area contributed by atoms with Crippen molar-refractivity contribution in [1.29, 1.82) is 0 Å². The number of hydroxylamine groups is 3. The van der Waals surface area contributed by atoms with E-state index in [9.17, 15) is 5.21 Å². The molecular weight excluding hydrogens is 322 g/mol. The van der Waals surface area contributed by atoms with Gasteiger partial charge in [-0.15, -0.1) is 10.2 Å². The Morgan fingerprint density at radius 1 is 0.783 bits per heavy atom. The molecule has 0 bridgehead atoms. The highest BCUT2D eigenvalue weighted by atomic mass is 35.7. The van der Waals surface area contributed by atoms with E-state index in [0.717, 1.165) is 13.0 Å². The molecule has 0 amide bonds. The molecule has 0 aliphatic carbocycles. The van der Waals surface area contributed by atoms with Crippen molar-refractivity contribution in [3.63, 3.8) is 0 Å². The highest BCUT2D eigenvalue weighted by Gasteiger charge is 2.22. The molecule has 0 saturated carbocycles. The second-order valence-corrected chi connectivity index (χ2v) is 7.35. The predicted molar refractivity (Wildman–Crippen MR) is 79.8 cm³/mol. The zero-order valence-electron chi connectivity index (χ0n) is 15.3. The van der Waals surface area contributed by atoms with Crippen molar-refractivity contribution >= 4 is 0 Å². The maximum atomic E-state index is 10.1. The maximum absolute atomic E-state index is 10.1. The maximum Gasteiger partial charge on any atom is 0.113 e. The topological polar surface area (TPSA) is 112 Å². The fourth-order valence-electron chi connectivity index (χ4n) is 2.18. The Balaban J connectivity index is 0. The van der Waals surface area contributed by atoms with Crippen LogP contribution in [0, 0.1) is 10.2 Å². The van der Waals surface area contributed by atoms with E-state index in [0.29, 0.717) is 6.04 Å². The standard InChI is InChI=1S/C16H36NO.ClHO4/c1-5-6-7-8-9-10-11-12-13-14-15-17(4,18)16(2)3;2-1(3,4)5/h16,18H,5-15H2,1-4H3;(H,2,3,4,5)/q+1;/p-1. The second kappa shape index (κ2) is 14.4. The van der Waals surface area contributed by atoms with Gasteiger partial charge in [-0.1, -0.05) is 58.3 Å². The van der Waals surface area contributed by atoms with Gasteiger partial charge in [-0.3, -0.25) is 0 Å².